The fraction of sp³-hybridized carbons (Fsp3) is 0.333. The third kappa shape index (κ3) is 4.15. The quantitative estimate of drug-likeness (QED) is 0.874. The molecule has 0 bridgehead atoms. The van der Waals surface area contributed by atoms with E-state index in [9.17, 15) is 22.8 Å². The summed E-state index contributed by atoms with van der Waals surface area (Å²) in [5.41, 5.74) is -0.591. The van der Waals surface area contributed by atoms with Gasteiger partial charge >= 0.3 is 18.1 Å². The van der Waals surface area contributed by atoms with E-state index in [-0.39, 0.29) is 23.6 Å². The molecule has 0 aliphatic rings. The van der Waals surface area contributed by atoms with Gasteiger partial charge in [-0.25, -0.2) is 4.79 Å². The van der Waals surface area contributed by atoms with E-state index in [1.54, 1.807) is 12.2 Å². The molecule has 110 valence electrons. The summed E-state index contributed by atoms with van der Waals surface area (Å²) in [6, 6.07) is 3.29. The number of amides is 1. The molecule has 0 saturated heterocycles. The van der Waals surface area contributed by atoms with Crippen molar-refractivity contribution in [2.75, 3.05) is 11.9 Å². The van der Waals surface area contributed by atoms with Crippen LogP contribution in [0.3, 0.4) is 0 Å². The molecule has 0 aromatic heterocycles. The van der Waals surface area contributed by atoms with Crippen molar-refractivity contribution in [2.24, 2.45) is 0 Å². The molecule has 1 aromatic rings. The number of hydrogen-bond donors (Lipinski definition) is 2. The van der Waals surface area contributed by atoms with Crippen LogP contribution in [-0.4, -0.2) is 29.8 Å². The van der Waals surface area contributed by atoms with E-state index in [0.717, 1.165) is 6.07 Å². The first-order chi connectivity index (χ1) is 9.25. The molecule has 0 radical (unpaired) electrons. The van der Waals surface area contributed by atoms with Gasteiger partial charge in [0.15, 0.2) is 0 Å². The molecule has 1 rings (SSSR count). The summed E-state index contributed by atoms with van der Waals surface area (Å²) in [6.45, 7) is 2.01. The highest BCUT2D eigenvalue weighted by atomic mass is 19.4. The molecule has 0 aliphatic heterocycles. The molecule has 0 unspecified atom stereocenters. The maximum atomic E-state index is 12.2. The Labute approximate surface area is 112 Å². The first kappa shape index (κ1) is 15.8. The SMILES string of the molecule is CCCOc1ccc(C(=O)O)cc1NC(=O)C(F)(F)F. The van der Waals surface area contributed by atoms with Crippen LogP contribution in [0.15, 0.2) is 18.2 Å². The highest BCUT2D eigenvalue weighted by molar-refractivity contribution is 5.98. The first-order valence-electron chi connectivity index (χ1n) is 5.64. The fourth-order valence-corrected chi connectivity index (χ4v) is 1.29. The number of halogens is 3. The summed E-state index contributed by atoms with van der Waals surface area (Å²) < 4.78 is 41.8. The van der Waals surface area contributed by atoms with Crippen LogP contribution in [0, 0.1) is 0 Å². The van der Waals surface area contributed by atoms with Gasteiger partial charge in [-0.3, -0.25) is 4.79 Å². The molecular weight excluding hydrogens is 279 g/mol. The van der Waals surface area contributed by atoms with E-state index < -0.39 is 18.1 Å². The molecule has 1 aromatic carbocycles. The van der Waals surface area contributed by atoms with Gasteiger partial charge in [0, 0.05) is 0 Å². The number of carbonyl (C=O) groups excluding carboxylic acids is 1. The van der Waals surface area contributed by atoms with Gasteiger partial charge in [0.1, 0.15) is 5.75 Å². The number of nitrogens with one attached hydrogen (secondary N) is 1. The fourth-order valence-electron chi connectivity index (χ4n) is 1.29. The van der Waals surface area contributed by atoms with Gasteiger partial charge in [0.2, 0.25) is 0 Å². The summed E-state index contributed by atoms with van der Waals surface area (Å²) in [5, 5.41) is 10.4. The predicted molar refractivity (Wildman–Crippen MR) is 63.9 cm³/mol. The van der Waals surface area contributed by atoms with E-state index in [4.69, 9.17) is 9.84 Å². The minimum Gasteiger partial charge on any atom is -0.491 e. The van der Waals surface area contributed by atoms with E-state index in [1.807, 2.05) is 0 Å². The van der Waals surface area contributed by atoms with Crippen LogP contribution in [0.25, 0.3) is 0 Å². The molecule has 8 heteroatoms. The van der Waals surface area contributed by atoms with Crippen LogP contribution >= 0.6 is 0 Å². The lowest BCUT2D eigenvalue weighted by Gasteiger charge is -2.13. The van der Waals surface area contributed by atoms with Gasteiger partial charge < -0.3 is 15.2 Å². The normalized spacial score (nSPS) is 11.0. The zero-order chi connectivity index (χ0) is 15.3. The standard InChI is InChI=1S/C12H12F3NO4/c1-2-5-20-9-4-3-7(10(17)18)6-8(9)16-11(19)12(13,14)15/h3-4,6H,2,5H2,1H3,(H,16,19)(H,17,18). The second-order valence-corrected chi connectivity index (χ2v) is 3.82. The van der Waals surface area contributed by atoms with Crippen molar-refractivity contribution in [1.29, 1.82) is 0 Å². The number of carboxylic acid groups (broad SMARTS) is 1. The number of ether oxygens (including phenoxy) is 1. The van der Waals surface area contributed by atoms with E-state index in [2.05, 4.69) is 0 Å². The smallest absolute Gasteiger partial charge is 0.471 e. The first-order valence-corrected chi connectivity index (χ1v) is 5.64. The second-order valence-electron chi connectivity index (χ2n) is 3.82. The van der Waals surface area contributed by atoms with Crippen molar-refractivity contribution in [3.63, 3.8) is 0 Å². The van der Waals surface area contributed by atoms with Crippen molar-refractivity contribution >= 4 is 17.6 Å². The predicted octanol–water partition coefficient (Wildman–Crippen LogP) is 2.67. The van der Waals surface area contributed by atoms with E-state index in [0.29, 0.717) is 6.42 Å². The number of rotatable bonds is 5. The topological polar surface area (TPSA) is 75.6 Å². The van der Waals surface area contributed by atoms with Crippen molar-refractivity contribution < 1.29 is 32.6 Å². The van der Waals surface area contributed by atoms with Gasteiger partial charge in [0.05, 0.1) is 17.9 Å². The monoisotopic (exact) mass is 291 g/mol. The molecular formula is C12H12F3NO4. The van der Waals surface area contributed by atoms with Crippen molar-refractivity contribution in [3.8, 4) is 5.75 Å². The summed E-state index contributed by atoms with van der Waals surface area (Å²) in [5.74, 6) is -3.54. The molecule has 2 N–H and O–H groups in total. The third-order valence-electron chi connectivity index (χ3n) is 2.19. The summed E-state index contributed by atoms with van der Waals surface area (Å²) in [4.78, 5) is 21.7. The zero-order valence-electron chi connectivity index (χ0n) is 10.5. The van der Waals surface area contributed by atoms with Crippen molar-refractivity contribution in [1.82, 2.24) is 0 Å². The van der Waals surface area contributed by atoms with Crippen LogP contribution < -0.4 is 10.1 Å². The number of carboxylic acids is 1. The Morgan fingerprint density at radius 3 is 2.50 bits per heavy atom. The number of anilines is 1. The van der Waals surface area contributed by atoms with Crippen LogP contribution in [-0.2, 0) is 4.79 Å². The molecule has 20 heavy (non-hydrogen) atoms. The third-order valence-corrected chi connectivity index (χ3v) is 2.19. The Hall–Kier alpha value is -2.25. The largest absolute Gasteiger partial charge is 0.491 e. The summed E-state index contributed by atoms with van der Waals surface area (Å²) in [7, 11) is 0. The zero-order valence-corrected chi connectivity index (χ0v) is 10.5. The minimum atomic E-state index is -5.07. The lowest BCUT2D eigenvalue weighted by Crippen LogP contribution is -2.30. The Morgan fingerprint density at radius 1 is 1.35 bits per heavy atom. The average Bonchev–Trinajstić information content (AvgIpc) is 2.35. The van der Waals surface area contributed by atoms with Crippen LogP contribution in [0.2, 0.25) is 0 Å². The number of aromatic carboxylic acids is 1. The number of carbonyl (C=O) groups is 2. The summed E-state index contributed by atoms with van der Waals surface area (Å²) >= 11 is 0. The van der Waals surface area contributed by atoms with Gasteiger partial charge in [0.25, 0.3) is 0 Å². The molecule has 0 aliphatic carbocycles. The van der Waals surface area contributed by atoms with Gasteiger partial charge in [-0.2, -0.15) is 13.2 Å². The summed E-state index contributed by atoms with van der Waals surface area (Å²) in [6.07, 6.45) is -4.46. The minimum absolute atomic E-state index is 0.0190. The molecule has 0 atom stereocenters. The van der Waals surface area contributed by atoms with Crippen LogP contribution in [0.4, 0.5) is 18.9 Å². The lowest BCUT2D eigenvalue weighted by molar-refractivity contribution is -0.167. The second kappa shape index (κ2) is 6.27. The molecule has 5 nitrogen and oxygen atoms in total. The number of benzene rings is 1. The van der Waals surface area contributed by atoms with Gasteiger partial charge in [-0.15, -0.1) is 0 Å². The Morgan fingerprint density at radius 2 is 2.00 bits per heavy atom. The molecule has 0 fully saturated rings. The molecule has 0 saturated carbocycles. The Bertz CT molecular complexity index is 514. The average molecular weight is 291 g/mol. The highest BCUT2D eigenvalue weighted by Gasteiger charge is 2.39. The van der Waals surface area contributed by atoms with Crippen LogP contribution in [0.5, 0.6) is 5.75 Å². The van der Waals surface area contributed by atoms with Gasteiger partial charge in [-0.1, -0.05) is 6.92 Å². The Kier molecular flexibility index (Phi) is 4.95. The van der Waals surface area contributed by atoms with Gasteiger partial charge in [-0.05, 0) is 24.6 Å². The maximum Gasteiger partial charge on any atom is 0.471 e. The highest BCUT2D eigenvalue weighted by Crippen LogP contribution is 2.28. The van der Waals surface area contributed by atoms with E-state index in [1.165, 1.54) is 12.1 Å². The van der Waals surface area contributed by atoms with Crippen molar-refractivity contribution in [2.45, 2.75) is 19.5 Å². The van der Waals surface area contributed by atoms with Crippen LogP contribution in [0.1, 0.15) is 23.7 Å². The maximum absolute atomic E-state index is 12.2. The lowest BCUT2D eigenvalue weighted by atomic mass is 10.2. The molecule has 1 amide bonds. The molecule has 0 spiro atoms. The molecule has 0 heterocycles. The van der Waals surface area contributed by atoms with E-state index >= 15 is 0 Å². The number of alkyl halides is 3. The van der Waals surface area contributed by atoms with Crippen molar-refractivity contribution in [3.05, 3.63) is 23.8 Å². The number of hydrogen-bond acceptors (Lipinski definition) is 3. The Balaban J connectivity index is 3.07.